The largest absolute Gasteiger partial charge is 0.360 e. The Hall–Kier alpha value is -0.610. The molecule has 7 N–H and O–H groups in total. The van der Waals surface area contributed by atoms with Gasteiger partial charge in [0.2, 0.25) is 11.4 Å². The van der Waals surface area contributed by atoms with E-state index in [1.807, 2.05) is 0 Å². The molecule has 3 atom stereocenters. The van der Waals surface area contributed by atoms with Crippen LogP contribution in [0, 0.1) is 0 Å². The highest BCUT2D eigenvalue weighted by Gasteiger charge is 2.44. The molecule has 11 nitrogen and oxygen atoms in total. The van der Waals surface area contributed by atoms with E-state index >= 15 is 0 Å². The normalized spacial score (nSPS) is 26.3. The van der Waals surface area contributed by atoms with E-state index in [9.17, 15) is 18.7 Å². The molecule has 0 spiro atoms. The van der Waals surface area contributed by atoms with Crippen LogP contribution < -0.4 is 16.0 Å². The van der Waals surface area contributed by atoms with Crippen molar-refractivity contribution in [3.63, 3.8) is 0 Å². The third kappa shape index (κ3) is 5.68. The van der Waals surface area contributed by atoms with Gasteiger partial charge in [0.15, 0.2) is 0 Å². The Morgan fingerprint density at radius 1 is 1.20 bits per heavy atom. The quantitative estimate of drug-likeness (QED) is 0.155. The van der Waals surface area contributed by atoms with Crippen molar-refractivity contribution < 1.29 is 38.3 Å². The predicted molar refractivity (Wildman–Crippen MR) is 90.0 cm³/mol. The summed E-state index contributed by atoms with van der Waals surface area (Å²) in [4.78, 5) is 58.8. The van der Waals surface area contributed by atoms with E-state index in [2.05, 4.69) is 10.6 Å². The summed E-state index contributed by atoms with van der Waals surface area (Å²) in [6.45, 7) is 0. The lowest BCUT2D eigenvalue weighted by molar-refractivity contribution is -0.121. The van der Waals surface area contributed by atoms with Gasteiger partial charge in [-0.05, 0) is 12.8 Å². The number of urea groups is 1. The van der Waals surface area contributed by atoms with Crippen LogP contribution in [0.15, 0.2) is 0 Å². The van der Waals surface area contributed by atoms with Crippen LogP contribution in [0.3, 0.4) is 0 Å². The number of amides is 3. The lowest BCUT2D eigenvalue weighted by Crippen LogP contribution is -2.37. The second-order valence-electron chi connectivity index (χ2n) is 5.99. The monoisotopic (exact) mass is 417 g/mol. The zero-order chi connectivity index (χ0) is 18.8. The van der Waals surface area contributed by atoms with E-state index < -0.39 is 26.6 Å². The first-order valence-corrected chi connectivity index (χ1v) is 12.0. The molecule has 0 aromatic heterocycles. The summed E-state index contributed by atoms with van der Waals surface area (Å²) < 4.78 is 22.2. The van der Waals surface area contributed by atoms with Crippen LogP contribution in [0.2, 0.25) is 0 Å². The van der Waals surface area contributed by atoms with E-state index in [1.165, 1.54) is 0 Å². The number of fused-ring (bicyclic) bond motifs is 1. The minimum absolute atomic E-state index is 0.0556. The van der Waals surface area contributed by atoms with Crippen molar-refractivity contribution in [1.29, 1.82) is 0 Å². The Balaban J connectivity index is 1.73. The highest BCUT2D eigenvalue weighted by atomic mass is 32.2. The van der Waals surface area contributed by atoms with E-state index in [0.717, 1.165) is 12.2 Å². The number of unbranched alkanes of at least 4 members (excludes halogenated alkanes) is 1. The Kier molecular flexibility index (Phi) is 6.59. The van der Waals surface area contributed by atoms with Crippen molar-refractivity contribution in [3.05, 3.63) is 0 Å². The summed E-state index contributed by atoms with van der Waals surface area (Å²) in [5.41, 5.74) is -2.52. The lowest BCUT2D eigenvalue weighted by atomic mass is 10.0. The highest BCUT2D eigenvalue weighted by molar-refractivity contribution is 8.00. The standard InChI is InChI=1S/C11H21N3O8P2S/c15-8(13-11(23(17,18)19)24(20,21)22)4-2-1-3-7-9-6(5-25-7)12-10(16)14-9/h6-7,9,11H,1-5H2,(H,13,15)(H2,12,14,16)(H2,17,18,19)(H2,20,21,22)/t6-,7-,9-/m0/s1. The molecular formula is C11H21N3O8P2S. The molecule has 0 saturated carbocycles. The first-order valence-electron chi connectivity index (χ1n) is 7.57. The van der Waals surface area contributed by atoms with Crippen molar-refractivity contribution >= 4 is 38.9 Å². The summed E-state index contributed by atoms with van der Waals surface area (Å²) >= 11 is 1.73. The number of hydrogen-bond donors (Lipinski definition) is 7. The Labute approximate surface area is 148 Å². The number of carbonyl (C=O) groups is 2. The average molecular weight is 417 g/mol. The van der Waals surface area contributed by atoms with E-state index in [1.54, 1.807) is 17.1 Å². The fourth-order valence-electron chi connectivity index (χ4n) is 2.85. The second-order valence-corrected chi connectivity index (χ2v) is 11.1. The molecule has 2 heterocycles. The zero-order valence-corrected chi connectivity index (χ0v) is 15.7. The number of hydrogen-bond acceptors (Lipinski definition) is 5. The molecule has 0 aromatic carbocycles. The van der Waals surface area contributed by atoms with Crippen LogP contribution in [0.25, 0.3) is 0 Å². The third-order valence-electron chi connectivity index (χ3n) is 4.01. The SMILES string of the molecule is O=C(CCCC[C@@H]1SC[C@@H]2NC(=O)N[C@@H]21)NC(P(=O)(O)O)P(=O)(O)O. The number of rotatable bonds is 8. The molecule has 0 unspecified atom stereocenters. The van der Waals surface area contributed by atoms with Gasteiger partial charge in [-0.3, -0.25) is 13.9 Å². The van der Waals surface area contributed by atoms with Crippen LogP contribution in [-0.4, -0.2) is 60.1 Å². The smallest absolute Gasteiger partial charge is 0.332 e. The maximum atomic E-state index is 11.7. The van der Waals surface area contributed by atoms with Gasteiger partial charge in [0.25, 0.3) is 0 Å². The van der Waals surface area contributed by atoms with Crippen LogP contribution in [-0.2, 0) is 13.9 Å². The minimum Gasteiger partial charge on any atom is -0.332 e. The van der Waals surface area contributed by atoms with Crippen LogP contribution in [0.1, 0.15) is 25.7 Å². The van der Waals surface area contributed by atoms with Gasteiger partial charge in [-0.25, -0.2) is 4.79 Å². The van der Waals surface area contributed by atoms with E-state index in [0.29, 0.717) is 12.8 Å². The van der Waals surface area contributed by atoms with Gasteiger partial charge in [-0.1, -0.05) is 6.42 Å². The molecule has 2 saturated heterocycles. The van der Waals surface area contributed by atoms with Gasteiger partial charge < -0.3 is 35.5 Å². The number of carbonyl (C=O) groups excluding carboxylic acids is 2. The summed E-state index contributed by atoms with van der Waals surface area (Å²) in [6, 6.07) is -0.0151. The molecule has 0 bridgehead atoms. The first-order chi connectivity index (χ1) is 11.5. The second kappa shape index (κ2) is 7.96. The molecule has 25 heavy (non-hydrogen) atoms. The fraction of sp³-hybridized carbons (Fsp3) is 0.818. The fourth-order valence-corrected chi connectivity index (χ4v) is 6.59. The van der Waals surface area contributed by atoms with Crippen LogP contribution >= 0.6 is 27.0 Å². The maximum absolute atomic E-state index is 11.7. The molecule has 3 amide bonds. The van der Waals surface area contributed by atoms with Gasteiger partial charge in [0.1, 0.15) is 0 Å². The molecule has 2 aliphatic heterocycles. The molecule has 0 aliphatic carbocycles. The zero-order valence-electron chi connectivity index (χ0n) is 13.1. The van der Waals surface area contributed by atoms with E-state index in [4.69, 9.17) is 19.6 Å². The van der Waals surface area contributed by atoms with Crippen molar-refractivity contribution in [2.24, 2.45) is 0 Å². The summed E-state index contributed by atoms with van der Waals surface area (Å²) in [7, 11) is -10.3. The maximum Gasteiger partial charge on any atom is 0.360 e. The molecule has 144 valence electrons. The molecule has 14 heteroatoms. The van der Waals surface area contributed by atoms with Crippen LogP contribution in [0.5, 0.6) is 0 Å². The summed E-state index contributed by atoms with van der Waals surface area (Å²) in [5.74, 6) is -0.00898. The molecule has 0 radical (unpaired) electrons. The molecule has 2 aliphatic rings. The molecule has 2 fully saturated rings. The number of thioether (sulfide) groups is 1. The van der Waals surface area contributed by atoms with Gasteiger partial charge in [-0.2, -0.15) is 11.8 Å². The predicted octanol–water partition coefficient (Wildman–Crippen LogP) is -0.533. The summed E-state index contributed by atoms with van der Waals surface area (Å²) in [5, 5.41) is 7.63. The first kappa shape index (κ1) is 20.7. The van der Waals surface area contributed by atoms with Gasteiger partial charge in [-0.15, -0.1) is 0 Å². The molecular weight excluding hydrogens is 396 g/mol. The third-order valence-corrected chi connectivity index (χ3v) is 8.85. The number of nitrogens with one attached hydrogen (secondary N) is 3. The highest BCUT2D eigenvalue weighted by Crippen LogP contribution is 2.58. The van der Waals surface area contributed by atoms with E-state index in [-0.39, 0.29) is 29.8 Å². The Morgan fingerprint density at radius 2 is 1.84 bits per heavy atom. The van der Waals surface area contributed by atoms with Gasteiger partial charge in [0.05, 0.1) is 12.1 Å². The van der Waals surface area contributed by atoms with Crippen molar-refractivity contribution in [2.75, 3.05) is 5.75 Å². The molecule has 0 aromatic rings. The summed E-state index contributed by atoms with van der Waals surface area (Å²) in [6.07, 6.45) is 1.69. The van der Waals surface area contributed by atoms with Gasteiger partial charge in [0, 0.05) is 17.4 Å². The van der Waals surface area contributed by atoms with Gasteiger partial charge >= 0.3 is 21.2 Å². The Morgan fingerprint density at radius 3 is 2.44 bits per heavy atom. The molecule has 2 rings (SSSR count). The lowest BCUT2D eigenvalue weighted by Gasteiger charge is -2.20. The van der Waals surface area contributed by atoms with Crippen LogP contribution in [0.4, 0.5) is 4.79 Å². The topological polar surface area (TPSA) is 185 Å². The average Bonchev–Trinajstić information content (AvgIpc) is 2.98. The van der Waals surface area contributed by atoms with Crippen molar-refractivity contribution in [1.82, 2.24) is 16.0 Å². The van der Waals surface area contributed by atoms with Crippen molar-refractivity contribution in [3.8, 4) is 0 Å². The van der Waals surface area contributed by atoms with Crippen molar-refractivity contribution in [2.45, 2.75) is 48.5 Å². The minimum atomic E-state index is -5.17. The Bertz CT molecular complexity index is 600.